The highest BCUT2D eigenvalue weighted by molar-refractivity contribution is 7.92. The number of amides is 2. The predicted octanol–water partition coefficient (Wildman–Crippen LogP) is 1.08. The number of nitrogens with one attached hydrogen (secondary N) is 1. The predicted molar refractivity (Wildman–Crippen MR) is 142 cm³/mol. The summed E-state index contributed by atoms with van der Waals surface area (Å²) in [6.07, 6.45) is -2.41. The first-order valence-electron chi connectivity index (χ1n) is 12.7. The maximum Gasteiger partial charge on any atom is 0.338 e. The molecule has 12 nitrogen and oxygen atoms in total. The summed E-state index contributed by atoms with van der Waals surface area (Å²) in [5, 5.41) is 1.03. The Morgan fingerprint density at radius 2 is 1.49 bits per heavy atom. The Kier molecular flexibility index (Phi) is 8.55. The molecule has 4 rings (SSSR count). The molecule has 2 aliphatic rings. The van der Waals surface area contributed by atoms with Crippen LogP contribution in [-0.4, -0.2) is 86.4 Å². The van der Waals surface area contributed by atoms with Gasteiger partial charge >= 0.3 is 11.9 Å². The van der Waals surface area contributed by atoms with Gasteiger partial charge in [0.25, 0.3) is 11.8 Å². The van der Waals surface area contributed by atoms with Crippen LogP contribution in [0.3, 0.4) is 0 Å². The minimum absolute atomic E-state index is 0.0602. The lowest BCUT2D eigenvalue weighted by molar-refractivity contribution is -0.165. The maximum atomic E-state index is 14.0. The van der Waals surface area contributed by atoms with E-state index in [9.17, 15) is 32.4 Å². The van der Waals surface area contributed by atoms with Crippen LogP contribution in [0.5, 0.6) is 0 Å². The Hall–Kier alpha value is -4.16. The third kappa shape index (κ3) is 4.97. The monoisotopic (exact) mass is 584 g/mol. The van der Waals surface area contributed by atoms with Crippen molar-refractivity contribution >= 4 is 39.5 Å². The van der Waals surface area contributed by atoms with Crippen LogP contribution in [0, 0.1) is 0 Å². The number of carbonyl (C=O) groups is 4. The first kappa shape index (κ1) is 29.8. The number of benzene rings is 2. The normalized spacial score (nSPS) is 20.2. The first-order valence-corrected chi connectivity index (χ1v) is 14.3. The highest BCUT2D eigenvalue weighted by atomic mass is 32.2. The standard InChI is InChI=1S/C28H28N2O10S/c1-4-39-26(34)28(27(35)40-5-2)15-21(41(36,37)17-11-7-6-8-12-17)22(29-28)20(16-31)25(38-3)30-23(32)18-13-9-10-14-19(18)24(30)33/h6-14,21-22,25,29H,4-5,15H2,1-3H3. The summed E-state index contributed by atoms with van der Waals surface area (Å²) >= 11 is 0. The largest absolute Gasteiger partial charge is 0.464 e. The quantitative estimate of drug-likeness (QED) is 0.184. The van der Waals surface area contributed by atoms with E-state index in [0.717, 1.165) is 7.11 Å². The summed E-state index contributed by atoms with van der Waals surface area (Å²) in [6, 6.07) is 11.5. The second-order valence-corrected chi connectivity index (χ2v) is 11.4. The highest BCUT2D eigenvalue weighted by Crippen LogP contribution is 2.39. The van der Waals surface area contributed by atoms with Crippen molar-refractivity contribution in [3.8, 4) is 0 Å². The van der Waals surface area contributed by atoms with Gasteiger partial charge in [-0.05, 0) is 38.1 Å². The van der Waals surface area contributed by atoms with E-state index < -0.39 is 68.6 Å². The van der Waals surface area contributed by atoms with Crippen LogP contribution in [0.2, 0.25) is 0 Å². The molecular weight excluding hydrogens is 556 g/mol. The van der Waals surface area contributed by atoms with Gasteiger partial charge in [-0.3, -0.25) is 14.9 Å². The minimum Gasteiger partial charge on any atom is -0.464 e. The number of sulfone groups is 1. The van der Waals surface area contributed by atoms with Crippen LogP contribution in [0.15, 0.2) is 65.1 Å². The van der Waals surface area contributed by atoms with Gasteiger partial charge in [0, 0.05) is 13.5 Å². The molecule has 0 radical (unpaired) electrons. The fourth-order valence-corrected chi connectivity index (χ4v) is 7.05. The maximum absolute atomic E-state index is 14.0. The molecule has 0 saturated carbocycles. The lowest BCUT2D eigenvalue weighted by atomic mass is 9.97. The molecule has 0 aromatic heterocycles. The molecule has 2 amide bonds. The van der Waals surface area contributed by atoms with Gasteiger partial charge in [-0.15, -0.1) is 0 Å². The van der Waals surface area contributed by atoms with Crippen LogP contribution in [0.4, 0.5) is 0 Å². The smallest absolute Gasteiger partial charge is 0.338 e. The molecule has 13 heteroatoms. The SMILES string of the molecule is CCOC(=O)C1(C(=O)OCC)CC(S(=O)(=O)c2ccccc2)C(C(=C=O)C(OC)N2C(=O)c3ccccc3C2=O)N1. The molecule has 0 aliphatic carbocycles. The fraction of sp³-hybridized carbons (Fsp3) is 0.357. The second-order valence-electron chi connectivity index (χ2n) is 9.24. The van der Waals surface area contributed by atoms with Gasteiger partial charge in [0.1, 0.15) is 5.94 Å². The zero-order valence-corrected chi connectivity index (χ0v) is 23.3. The molecule has 0 bridgehead atoms. The molecule has 2 aromatic carbocycles. The molecule has 2 aliphatic heterocycles. The number of esters is 2. The molecule has 1 saturated heterocycles. The number of methoxy groups -OCH3 is 1. The summed E-state index contributed by atoms with van der Waals surface area (Å²) < 4.78 is 43.7. The Balaban J connectivity index is 1.87. The van der Waals surface area contributed by atoms with Crippen molar-refractivity contribution in [2.75, 3.05) is 20.3 Å². The van der Waals surface area contributed by atoms with Gasteiger partial charge in [0.15, 0.2) is 16.1 Å². The topological polar surface area (TPSA) is 162 Å². The average molecular weight is 585 g/mol. The van der Waals surface area contributed by atoms with Crippen molar-refractivity contribution in [2.45, 2.75) is 48.2 Å². The van der Waals surface area contributed by atoms with Gasteiger partial charge < -0.3 is 14.2 Å². The third-order valence-electron chi connectivity index (χ3n) is 7.00. The average Bonchev–Trinajstić information content (AvgIpc) is 3.50. The first-order chi connectivity index (χ1) is 19.6. The van der Waals surface area contributed by atoms with E-state index in [0.29, 0.717) is 4.90 Å². The molecule has 216 valence electrons. The number of rotatable bonds is 10. The Bertz CT molecular complexity index is 1480. The Labute approximate surface area is 236 Å². The van der Waals surface area contributed by atoms with E-state index in [1.54, 1.807) is 24.1 Å². The van der Waals surface area contributed by atoms with E-state index >= 15 is 0 Å². The summed E-state index contributed by atoms with van der Waals surface area (Å²) in [5.74, 6) is -2.16. The second kappa shape index (κ2) is 11.8. The zero-order valence-electron chi connectivity index (χ0n) is 22.5. The van der Waals surface area contributed by atoms with Crippen LogP contribution < -0.4 is 5.32 Å². The van der Waals surface area contributed by atoms with Gasteiger partial charge in [-0.2, -0.15) is 0 Å². The lowest BCUT2D eigenvalue weighted by Gasteiger charge is -2.31. The van der Waals surface area contributed by atoms with E-state index in [2.05, 4.69) is 5.32 Å². The molecule has 1 fully saturated rings. The van der Waals surface area contributed by atoms with Gasteiger partial charge in [0.2, 0.25) is 5.54 Å². The lowest BCUT2D eigenvalue weighted by Crippen LogP contribution is -2.59. The molecule has 41 heavy (non-hydrogen) atoms. The summed E-state index contributed by atoms with van der Waals surface area (Å²) in [6.45, 7) is 2.71. The number of nitrogens with zero attached hydrogens (tertiary/aromatic N) is 1. The summed E-state index contributed by atoms with van der Waals surface area (Å²) in [5.41, 5.74) is -2.75. The number of ether oxygens (including phenoxy) is 3. The Morgan fingerprint density at radius 1 is 0.976 bits per heavy atom. The number of hydrogen-bond donors (Lipinski definition) is 1. The van der Waals surface area contributed by atoms with Crippen molar-refractivity contribution in [1.29, 1.82) is 0 Å². The van der Waals surface area contributed by atoms with Crippen LogP contribution >= 0.6 is 0 Å². The molecule has 1 N–H and O–H groups in total. The van der Waals surface area contributed by atoms with E-state index in [1.165, 1.54) is 50.2 Å². The van der Waals surface area contributed by atoms with E-state index in [4.69, 9.17) is 14.2 Å². The van der Waals surface area contributed by atoms with Crippen molar-refractivity contribution < 1.29 is 46.6 Å². The minimum atomic E-state index is -4.38. The van der Waals surface area contributed by atoms with Gasteiger partial charge in [0.05, 0.1) is 46.1 Å². The third-order valence-corrected chi connectivity index (χ3v) is 9.17. The molecule has 0 spiro atoms. The Morgan fingerprint density at radius 3 is 1.95 bits per heavy atom. The van der Waals surface area contributed by atoms with Crippen molar-refractivity contribution in [3.05, 3.63) is 71.3 Å². The number of imide groups is 1. The van der Waals surface area contributed by atoms with Crippen molar-refractivity contribution in [2.24, 2.45) is 0 Å². The van der Waals surface area contributed by atoms with Crippen LogP contribution in [0.1, 0.15) is 41.0 Å². The molecular formula is C28H28N2O10S. The zero-order chi connectivity index (χ0) is 29.9. The highest BCUT2D eigenvalue weighted by Gasteiger charge is 2.63. The van der Waals surface area contributed by atoms with E-state index in [1.807, 2.05) is 0 Å². The summed E-state index contributed by atoms with van der Waals surface area (Å²) in [4.78, 5) is 66.1. The van der Waals surface area contributed by atoms with Crippen LogP contribution in [0.25, 0.3) is 0 Å². The van der Waals surface area contributed by atoms with Gasteiger partial charge in [-0.25, -0.2) is 27.7 Å². The van der Waals surface area contributed by atoms with Crippen molar-refractivity contribution in [3.63, 3.8) is 0 Å². The van der Waals surface area contributed by atoms with E-state index in [-0.39, 0.29) is 29.2 Å². The molecule has 3 unspecified atom stereocenters. The summed E-state index contributed by atoms with van der Waals surface area (Å²) in [7, 11) is -3.26. The number of carbonyl (C=O) groups excluding carboxylic acids is 5. The van der Waals surface area contributed by atoms with Crippen molar-refractivity contribution in [1.82, 2.24) is 10.2 Å². The fourth-order valence-electron chi connectivity index (χ4n) is 5.13. The number of hydrogen-bond acceptors (Lipinski definition) is 11. The van der Waals surface area contributed by atoms with Gasteiger partial charge in [-0.1, -0.05) is 30.3 Å². The van der Waals surface area contributed by atoms with Crippen LogP contribution in [-0.2, 0) is 38.4 Å². The molecule has 2 heterocycles. The molecule has 2 aromatic rings. The molecule has 3 atom stereocenters. The number of fused-ring (bicyclic) bond motifs is 1.